The summed E-state index contributed by atoms with van der Waals surface area (Å²) in [5, 5.41) is 4.19. The summed E-state index contributed by atoms with van der Waals surface area (Å²) in [5.74, 6) is 0.393. The van der Waals surface area contributed by atoms with Crippen molar-refractivity contribution in [2.75, 3.05) is 11.9 Å². The van der Waals surface area contributed by atoms with Gasteiger partial charge in [0.15, 0.2) is 0 Å². The molecule has 0 amide bonds. The lowest BCUT2D eigenvalue weighted by Gasteiger charge is -2.08. The predicted molar refractivity (Wildman–Crippen MR) is 97.2 cm³/mol. The van der Waals surface area contributed by atoms with E-state index in [4.69, 9.17) is 4.74 Å². The summed E-state index contributed by atoms with van der Waals surface area (Å²) in [5.41, 5.74) is 3.09. The highest BCUT2D eigenvalue weighted by molar-refractivity contribution is 7.20. The van der Waals surface area contributed by atoms with Crippen molar-refractivity contribution in [3.63, 3.8) is 0 Å². The van der Waals surface area contributed by atoms with Crippen LogP contribution in [0.3, 0.4) is 0 Å². The average molecular weight is 341 g/mol. The number of nitrogens with zero attached hydrogens (tertiary/aromatic N) is 2. The molecular weight excluding hydrogens is 322 g/mol. The normalized spacial score (nSPS) is 10.8. The van der Waals surface area contributed by atoms with E-state index >= 15 is 0 Å². The van der Waals surface area contributed by atoms with Gasteiger partial charge in [-0.05, 0) is 43.5 Å². The van der Waals surface area contributed by atoms with Gasteiger partial charge in [0, 0.05) is 5.69 Å². The molecule has 3 rings (SSSR count). The molecule has 1 N–H and O–H groups in total. The zero-order chi connectivity index (χ0) is 17.1. The van der Waals surface area contributed by atoms with E-state index in [0.717, 1.165) is 27.9 Å². The number of benzene rings is 1. The molecule has 3 aromatic rings. The first-order valence-corrected chi connectivity index (χ1v) is 8.72. The Morgan fingerprint density at radius 1 is 1.21 bits per heavy atom. The van der Waals surface area contributed by atoms with Crippen LogP contribution in [0.5, 0.6) is 0 Å². The van der Waals surface area contributed by atoms with Crippen LogP contribution in [0.1, 0.15) is 34.6 Å². The summed E-state index contributed by atoms with van der Waals surface area (Å²) in [7, 11) is 0. The van der Waals surface area contributed by atoms with Crippen molar-refractivity contribution in [3.8, 4) is 0 Å². The topological polar surface area (TPSA) is 64.1 Å². The van der Waals surface area contributed by atoms with Crippen molar-refractivity contribution in [3.05, 3.63) is 46.6 Å². The fraction of sp³-hybridized carbons (Fsp3) is 0.278. The van der Waals surface area contributed by atoms with E-state index in [1.807, 2.05) is 19.1 Å². The quantitative estimate of drug-likeness (QED) is 0.693. The van der Waals surface area contributed by atoms with Gasteiger partial charge >= 0.3 is 5.97 Å². The lowest BCUT2D eigenvalue weighted by molar-refractivity contribution is 0.0531. The number of rotatable bonds is 5. The van der Waals surface area contributed by atoms with Gasteiger partial charge in [-0.2, -0.15) is 0 Å². The van der Waals surface area contributed by atoms with Gasteiger partial charge in [-0.3, -0.25) is 0 Å². The maximum atomic E-state index is 12.1. The van der Waals surface area contributed by atoms with Crippen molar-refractivity contribution >= 4 is 39.0 Å². The molecule has 124 valence electrons. The number of nitrogens with one attached hydrogen (secondary N) is 1. The lowest BCUT2D eigenvalue weighted by Crippen LogP contribution is -2.03. The van der Waals surface area contributed by atoms with Gasteiger partial charge in [0.1, 0.15) is 21.9 Å². The SMILES string of the molecule is CCOC(=O)c1sc2ncnc(Nc3ccc(CC)cc3)c2c1C. The Kier molecular flexibility index (Phi) is 4.76. The van der Waals surface area contributed by atoms with Crippen molar-refractivity contribution < 1.29 is 9.53 Å². The number of esters is 1. The van der Waals surface area contributed by atoms with Crippen LogP contribution in [0.4, 0.5) is 11.5 Å². The Hall–Kier alpha value is -2.47. The van der Waals surface area contributed by atoms with E-state index in [0.29, 0.717) is 17.3 Å². The lowest BCUT2D eigenvalue weighted by atomic mass is 10.1. The van der Waals surface area contributed by atoms with Crippen LogP contribution in [-0.2, 0) is 11.2 Å². The van der Waals surface area contributed by atoms with E-state index < -0.39 is 0 Å². The number of fused-ring (bicyclic) bond motifs is 1. The van der Waals surface area contributed by atoms with Gasteiger partial charge in [-0.15, -0.1) is 11.3 Å². The Morgan fingerprint density at radius 2 is 1.96 bits per heavy atom. The summed E-state index contributed by atoms with van der Waals surface area (Å²) in [6.07, 6.45) is 2.51. The van der Waals surface area contributed by atoms with Crippen molar-refractivity contribution in [1.82, 2.24) is 9.97 Å². The molecule has 0 saturated heterocycles. The van der Waals surface area contributed by atoms with Gasteiger partial charge in [-0.25, -0.2) is 14.8 Å². The second kappa shape index (κ2) is 6.97. The van der Waals surface area contributed by atoms with Crippen LogP contribution in [0.15, 0.2) is 30.6 Å². The molecule has 5 nitrogen and oxygen atoms in total. The Bertz CT molecular complexity index is 872. The third-order valence-corrected chi connectivity index (χ3v) is 4.99. The molecule has 6 heteroatoms. The number of carbonyl (C=O) groups is 1. The van der Waals surface area contributed by atoms with Crippen molar-refractivity contribution in [2.24, 2.45) is 0 Å². The second-order valence-corrected chi connectivity index (χ2v) is 6.35. The fourth-order valence-electron chi connectivity index (χ4n) is 2.52. The van der Waals surface area contributed by atoms with E-state index in [-0.39, 0.29) is 5.97 Å². The molecule has 0 spiro atoms. The first kappa shape index (κ1) is 16.4. The maximum Gasteiger partial charge on any atom is 0.348 e. The minimum Gasteiger partial charge on any atom is -0.462 e. The van der Waals surface area contributed by atoms with Crippen LogP contribution in [-0.4, -0.2) is 22.5 Å². The highest BCUT2D eigenvalue weighted by Crippen LogP contribution is 2.34. The monoisotopic (exact) mass is 341 g/mol. The van der Waals surface area contributed by atoms with Gasteiger partial charge < -0.3 is 10.1 Å². The summed E-state index contributed by atoms with van der Waals surface area (Å²) in [6, 6.07) is 8.23. The smallest absolute Gasteiger partial charge is 0.348 e. The summed E-state index contributed by atoms with van der Waals surface area (Å²) >= 11 is 1.34. The predicted octanol–water partition coefficient (Wildman–Crippen LogP) is 4.48. The zero-order valence-corrected chi connectivity index (χ0v) is 14.7. The molecule has 0 radical (unpaired) electrons. The first-order chi connectivity index (χ1) is 11.6. The largest absolute Gasteiger partial charge is 0.462 e. The van der Waals surface area contributed by atoms with Crippen LogP contribution in [0.2, 0.25) is 0 Å². The fourth-order valence-corrected chi connectivity index (χ4v) is 3.56. The molecule has 1 aromatic carbocycles. The molecule has 0 aliphatic heterocycles. The number of anilines is 2. The number of aromatic nitrogens is 2. The standard InChI is InChI=1S/C18H19N3O2S/c1-4-12-6-8-13(9-7-12)21-16-14-11(3)15(18(22)23-5-2)24-17(14)20-10-19-16/h6-10H,4-5H2,1-3H3,(H,19,20,21). The van der Waals surface area contributed by atoms with Gasteiger partial charge in [0.2, 0.25) is 0 Å². The molecule has 0 saturated carbocycles. The van der Waals surface area contributed by atoms with E-state index in [2.05, 4.69) is 34.3 Å². The molecule has 24 heavy (non-hydrogen) atoms. The van der Waals surface area contributed by atoms with Crippen LogP contribution in [0.25, 0.3) is 10.2 Å². The number of hydrogen-bond donors (Lipinski definition) is 1. The highest BCUT2D eigenvalue weighted by atomic mass is 32.1. The van der Waals surface area contributed by atoms with Crippen LogP contribution in [0, 0.1) is 6.92 Å². The number of aryl methyl sites for hydroxylation is 2. The molecule has 0 aliphatic rings. The minimum atomic E-state index is -0.309. The minimum absolute atomic E-state index is 0.309. The molecule has 0 fully saturated rings. The molecule has 2 heterocycles. The number of carbonyl (C=O) groups excluding carboxylic acids is 1. The number of hydrogen-bond acceptors (Lipinski definition) is 6. The highest BCUT2D eigenvalue weighted by Gasteiger charge is 2.20. The zero-order valence-electron chi connectivity index (χ0n) is 13.9. The van der Waals surface area contributed by atoms with Crippen molar-refractivity contribution in [2.45, 2.75) is 27.2 Å². The maximum absolute atomic E-state index is 12.1. The Labute approximate surface area is 144 Å². The van der Waals surface area contributed by atoms with Crippen LogP contribution >= 0.6 is 11.3 Å². The molecule has 2 aromatic heterocycles. The van der Waals surface area contributed by atoms with Gasteiger partial charge in [-0.1, -0.05) is 19.1 Å². The third kappa shape index (κ3) is 3.10. The summed E-state index contributed by atoms with van der Waals surface area (Å²) in [4.78, 5) is 22.1. The summed E-state index contributed by atoms with van der Waals surface area (Å²) in [6.45, 7) is 6.18. The van der Waals surface area contributed by atoms with Gasteiger partial charge in [0.05, 0.1) is 12.0 Å². The number of ether oxygens (including phenoxy) is 1. The van der Waals surface area contributed by atoms with Crippen molar-refractivity contribution in [1.29, 1.82) is 0 Å². The summed E-state index contributed by atoms with van der Waals surface area (Å²) < 4.78 is 5.12. The van der Waals surface area contributed by atoms with E-state index in [9.17, 15) is 4.79 Å². The molecular formula is C18H19N3O2S. The second-order valence-electron chi connectivity index (χ2n) is 5.35. The van der Waals surface area contributed by atoms with E-state index in [1.165, 1.54) is 23.2 Å². The van der Waals surface area contributed by atoms with Crippen LogP contribution < -0.4 is 5.32 Å². The van der Waals surface area contributed by atoms with E-state index in [1.54, 1.807) is 6.92 Å². The molecule has 0 bridgehead atoms. The molecule has 0 atom stereocenters. The number of thiophene rings is 1. The van der Waals surface area contributed by atoms with Gasteiger partial charge in [0.25, 0.3) is 0 Å². The average Bonchev–Trinajstić information content (AvgIpc) is 2.94. The Morgan fingerprint density at radius 3 is 2.62 bits per heavy atom. The molecule has 0 unspecified atom stereocenters. The third-order valence-electron chi connectivity index (χ3n) is 3.81. The first-order valence-electron chi connectivity index (χ1n) is 7.91. The molecule has 0 aliphatic carbocycles. The Balaban J connectivity index is 2.00.